The van der Waals surface area contributed by atoms with Crippen LogP contribution in [0.15, 0.2) is 60.8 Å². The molecule has 1 aromatic heterocycles. The highest BCUT2D eigenvalue weighted by molar-refractivity contribution is 6.07. The van der Waals surface area contributed by atoms with Crippen molar-refractivity contribution in [3.8, 4) is 0 Å². The maximum absolute atomic E-state index is 12.7. The van der Waals surface area contributed by atoms with Crippen molar-refractivity contribution in [3.05, 3.63) is 77.5 Å². The zero-order valence-corrected chi connectivity index (χ0v) is 13.9. The molecule has 2 amide bonds. The second-order valence-electron chi connectivity index (χ2n) is 5.93. The molecule has 126 valence electrons. The van der Waals surface area contributed by atoms with E-state index in [0.29, 0.717) is 12.0 Å². The molecule has 0 aliphatic rings. The van der Waals surface area contributed by atoms with Crippen LogP contribution in [0.25, 0.3) is 10.9 Å². The first kappa shape index (κ1) is 16.6. The van der Waals surface area contributed by atoms with Gasteiger partial charge in [0.05, 0.1) is 11.1 Å². The predicted molar refractivity (Wildman–Crippen MR) is 97.1 cm³/mol. The number of primary amides is 1. The summed E-state index contributed by atoms with van der Waals surface area (Å²) >= 11 is 0. The number of nitrogens with two attached hydrogens (primary N) is 1. The first-order valence-corrected chi connectivity index (χ1v) is 8.04. The number of fused-ring (bicyclic) bond motifs is 1. The lowest BCUT2D eigenvalue weighted by Gasteiger charge is -2.17. The number of pyridine rings is 1. The molecule has 5 nitrogen and oxygen atoms in total. The van der Waals surface area contributed by atoms with Crippen LogP contribution in [0.4, 0.5) is 0 Å². The lowest BCUT2D eigenvalue weighted by atomic mass is 10.00. The third-order valence-electron chi connectivity index (χ3n) is 4.23. The summed E-state index contributed by atoms with van der Waals surface area (Å²) < 4.78 is 0. The Kier molecular flexibility index (Phi) is 4.75. The molecule has 1 atom stereocenters. The minimum Gasteiger partial charge on any atom is -0.368 e. The van der Waals surface area contributed by atoms with Gasteiger partial charge in [0.25, 0.3) is 5.91 Å². The Balaban J connectivity index is 1.86. The second-order valence-corrected chi connectivity index (χ2v) is 5.93. The van der Waals surface area contributed by atoms with Gasteiger partial charge in [0.2, 0.25) is 5.91 Å². The van der Waals surface area contributed by atoms with Crippen LogP contribution >= 0.6 is 0 Å². The van der Waals surface area contributed by atoms with Crippen molar-refractivity contribution in [1.29, 1.82) is 0 Å². The standard InChI is InChI=1S/C20H19N3O2/c1-13-6-2-3-7-14(13)12-18(19(21)24)23-20(25)16-10-11-22-17-9-5-4-8-15(16)17/h2-11,18H,12H2,1H3,(H2,21,24)(H,23,25)/t18-/m1/s1. The van der Waals surface area contributed by atoms with Gasteiger partial charge in [0, 0.05) is 18.0 Å². The van der Waals surface area contributed by atoms with E-state index in [-0.39, 0.29) is 5.91 Å². The summed E-state index contributed by atoms with van der Waals surface area (Å²) in [5.41, 5.74) is 8.74. The van der Waals surface area contributed by atoms with Crippen molar-refractivity contribution < 1.29 is 9.59 Å². The Labute approximate surface area is 145 Å². The molecule has 3 rings (SSSR count). The summed E-state index contributed by atoms with van der Waals surface area (Å²) in [6.07, 6.45) is 1.94. The van der Waals surface area contributed by atoms with Crippen molar-refractivity contribution in [1.82, 2.24) is 10.3 Å². The van der Waals surface area contributed by atoms with Crippen LogP contribution in [0.3, 0.4) is 0 Å². The van der Waals surface area contributed by atoms with Crippen LogP contribution in [0.2, 0.25) is 0 Å². The van der Waals surface area contributed by atoms with E-state index in [4.69, 9.17) is 5.73 Å². The van der Waals surface area contributed by atoms with E-state index in [9.17, 15) is 9.59 Å². The molecule has 25 heavy (non-hydrogen) atoms. The fourth-order valence-corrected chi connectivity index (χ4v) is 2.81. The number of carbonyl (C=O) groups excluding carboxylic acids is 2. The molecule has 0 saturated heterocycles. The number of hydrogen-bond acceptors (Lipinski definition) is 3. The summed E-state index contributed by atoms with van der Waals surface area (Å²) in [6, 6.07) is 16.0. The average Bonchev–Trinajstić information content (AvgIpc) is 2.62. The average molecular weight is 333 g/mol. The highest BCUT2D eigenvalue weighted by atomic mass is 16.2. The molecule has 3 aromatic rings. The van der Waals surface area contributed by atoms with Crippen molar-refractivity contribution in [2.24, 2.45) is 5.73 Å². The van der Waals surface area contributed by atoms with E-state index in [1.807, 2.05) is 55.5 Å². The van der Waals surface area contributed by atoms with Gasteiger partial charge in [-0.15, -0.1) is 0 Å². The van der Waals surface area contributed by atoms with Crippen LogP contribution in [0, 0.1) is 6.92 Å². The number of rotatable bonds is 5. The topological polar surface area (TPSA) is 85.1 Å². The van der Waals surface area contributed by atoms with Crippen LogP contribution in [0.1, 0.15) is 21.5 Å². The number of aromatic nitrogens is 1. The molecule has 1 heterocycles. The van der Waals surface area contributed by atoms with Crippen LogP contribution < -0.4 is 11.1 Å². The Morgan fingerprint density at radius 3 is 2.56 bits per heavy atom. The van der Waals surface area contributed by atoms with E-state index in [1.54, 1.807) is 12.3 Å². The monoisotopic (exact) mass is 333 g/mol. The predicted octanol–water partition coefficient (Wildman–Crippen LogP) is 2.37. The van der Waals surface area contributed by atoms with Crippen LogP contribution in [0.5, 0.6) is 0 Å². The van der Waals surface area contributed by atoms with Gasteiger partial charge in [-0.2, -0.15) is 0 Å². The molecule has 0 unspecified atom stereocenters. The Morgan fingerprint density at radius 2 is 1.80 bits per heavy atom. The highest BCUT2D eigenvalue weighted by Gasteiger charge is 2.21. The third kappa shape index (κ3) is 3.66. The molecular weight excluding hydrogens is 314 g/mol. The summed E-state index contributed by atoms with van der Waals surface area (Å²) in [4.78, 5) is 28.8. The van der Waals surface area contributed by atoms with E-state index in [2.05, 4.69) is 10.3 Å². The lowest BCUT2D eigenvalue weighted by Crippen LogP contribution is -2.46. The van der Waals surface area contributed by atoms with Gasteiger partial charge in [-0.1, -0.05) is 42.5 Å². The molecule has 5 heteroatoms. The normalized spacial score (nSPS) is 11.9. The zero-order valence-electron chi connectivity index (χ0n) is 13.9. The number of carbonyl (C=O) groups is 2. The number of amides is 2. The lowest BCUT2D eigenvalue weighted by molar-refractivity contribution is -0.119. The van der Waals surface area contributed by atoms with Gasteiger partial charge in [-0.05, 0) is 30.2 Å². The maximum atomic E-state index is 12.7. The molecule has 0 radical (unpaired) electrons. The molecule has 0 aliphatic carbocycles. The Morgan fingerprint density at radius 1 is 1.08 bits per heavy atom. The van der Waals surface area contributed by atoms with Gasteiger partial charge < -0.3 is 11.1 Å². The fraction of sp³-hybridized carbons (Fsp3) is 0.150. The molecule has 0 bridgehead atoms. The van der Waals surface area contributed by atoms with E-state index < -0.39 is 11.9 Å². The van der Waals surface area contributed by atoms with Gasteiger partial charge in [0.15, 0.2) is 0 Å². The fourth-order valence-electron chi connectivity index (χ4n) is 2.81. The number of para-hydroxylation sites is 1. The molecule has 0 aliphatic heterocycles. The number of benzene rings is 2. The molecule has 0 spiro atoms. The summed E-state index contributed by atoms with van der Waals surface area (Å²) in [7, 11) is 0. The number of nitrogens with zero attached hydrogens (tertiary/aromatic N) is 1. The Bertz CT molecular complexity index is 932. The first-order valence-electron chi connectivity index (χ1n) is 8.04. The van der Waals surface area contributed by atoms with Gasteiger partial charge >= 0.3 is 0 Å². The summed E-state index contributed by atoms with van der Waals surface area (Å²) in [6.45, 7) is 1.96. The SMILES string of the molecule is Cc1ccccc1C[C@@H](NC(=O)c1ccnc2ccccc12)C(N)=O. The van der Waals surface area contributed by atoms with Crippen LogP contribution in [-0.2, 0) is 11.2 Å². The van der Waals surface area contributed by atoms with E-state index >= 15 is 0 Å². The van der Waals surface area contributed by atoms with Crippen molar-refractivity contribution in [2.45, 2.75) is 19.4 Å². The minimum absolute atomic E-state index is 0.337. The smallest absolute Gasteiger partial charge is 0.252 e. The molecule has 0 fully saturated rings. The number of hydrogen-bond donors (Lipinski definition) is 2. The number of nitrogens with one attached hydrogen (secondary N) is 1. The second kappa shape index (κ2) is 7.13. The quantitative estimate of drug-likeness (QED) is 0.752. The molecular formula is C20H19N3O2. The van der Waals surface area contributed by atoms with Crippen molar-refractivity contribution >= 4 is 22.7 Å². The Hall–Kier alpha value is -3.21. The minimum atomic E-state index is -0.777. The summed E-state index contributed by atoms with van der Waals surface area (Å²) in [5, 5.41) is 3.50. The maximum Gasteiger partial charge on any atom is 0.252 e. The van der Waals surface area contributed by atoms with Gasteiger partial charge in [-0.3, -0.25) is 14.6 Å². The molecule has 0 saturated carbocycles. The highest BCUT2D eigenvalue weighted by Crippen LogP contribution is 2.17. The van der Waals surface area contributed by atoms with E-state index in [0.717, 1.165) is 22.0 Å². The molecule has 2 aromatic carbocycles. The van der Waals surface area contributed by atoms with E-state index in [1.165, 1.54) is 0 Å². The van der Waals surface area contributed by atoms with Crippen LogP contribution in [-0.4, -0.2) is 22.8 Å². The van der Waals surface area contributed by atoms with Gasteiger partial charge in [0.1, 0.15) is 6.04 Å². The molecule has 3 N–H and O–H groups in total. The largest absolute Gasteiger partial charge is 0.368 e. The van der Waals surface area contributed by atoms with Gasteiger partial charge in [-0.25, -0.2) is 0 Å². The summed E-state index contributed by atoms with van der Waals surface area (Å²) in [5.74, 6) is -0.897. The first-order chi connectivity index (χ1) is 12.1. The zero-order chi connectivity index (χ0) is 17.8. The third-order valence-corrected chi connectivity index (χ3v) is 4.23. The van der Waals surface area contributed by atoms with Crippen molar-refractivity contribution in [3.63, 3.8) is 0 Å². The van der Waals surface area contributed by atoms with Crippen molar-refractivity contribution in [2.75, 3.05) is 0 Å². The number of aryl methyl sites for hydroxylation is 1.